The van der Waals surface area contributed by atoms with Crippen LogP contribution in [0.25, 0.3) is 0 Å². The summed E-state index contributed by atoms with van der Waals surface area (Å²) in [6.45, 7) is 6.99. The Kier molecular flexibility index (Phi) is 3.88. The molecule has 1 N–H and O–H groups in total. The largest absolute Gasteiger partial charge is 0.423 e. The third-order valence-electron chi connectivity index (χ3n) is 6.60. The van der Waals surface area contributed by atoms with Crippen molar-refractivity contribution in [2.24, 2.45) is 5.41 Å². The third-order valence-corrected chi connectivity index (χ3v) is 6.60. The molecule has 4 heteroatoms. The fourth-order valence-electron chi connectivity index (χ4n) is 5.34. The van der Waals surface area contributed by atoms with Gasteiger partial charge >= 0.3 is 5.97 Å². The Hall–Kier alpha value is -1.13. The van der Waals surface area contributed by atoms with Gasteiger partial charge in [-0.25, -0.2) is 4.79 Å². The minimum absolute atomic E-state index is 0.0264. The number of aliphatic hydroxyl groups is 1. The highest BCUT2D eigenvalue weighted by Crippen LogP contribution is 2.56. The van der Waals surface area contributed by atoms with E-state index in [1.165, 1.54) is 19.3 Å². The summed E-state index contributed by atoms with van der Waals surface area (Å²) >= 11 is 0. The Morgan fingerprint density at radius 3 is 2.58 bits per heavy atom. The van der Waals surface area contributed by atoms with Crippen LogP contribution in [-0.2, 0) is 9.53 Å². The third kappa shape index (κ3) is 2.55. The molecule has 0 spiro atoms. The monoisotopic (exact) mass is 331 g/mol. The Bertz CT molecular complexity index is 625. The van der Waals surface area contributed by atoms with Gasteiger partial charge in [0.05, 0.1) is 11.2 Å². The number of carbonyl (C=O) groups excluding carboxylic acids is 1. The Morgan fingerprint density at radius 1 is 1.08 bits per heavy atom. The molecule has 0 bridgehead atoms. The molecule has 1 unspecified atom stereocenters. The molecule has 4 rings (SSSR count). The zero-order valence-electron chi connectivity index (χ0n) is 15.0. The number of ether oxygens (including phenoxy) is 1. The lowest BCUT2D eigenvalue weighted by molar-refractivity contribution is -0.133. The van der Waals surface area contributed by atoms with Gasteiger partial charge < -0.3 is 9.84 Å². The van der Waals surface area contributed by atoms with Crippen LogP contribution in [0.5, 0.6) is 0 Å². The molecule has 24 heavy (non-hydrogen) atoms. The maximum atomic E-state index is 12.6. The highest BCUT2D eigenvalue weighted by Gasteiger charge is 2.51. The number of piperidine rings is 1. The molecule has 0 amide bonds. The molecule has 2 fully saturated rings. The summed E-state index contributed by atoms with van der Waals surface area (Å²) in [7, 11) is 0. The molecule has 2 heterocycles. The molecule has 4 nitrogen and oxygen atoms in total. The molecule has 1 saturated heterocycles. The number of rotatable bonds is 2. The number of fused-ring (bicyclic) bond motifs is 2. The summed E-state index contributed by atoms with van der Waals surface area (Å²) in [4.78, 5) is 15.0. The van der Waals surface area contributed by atoms with Crippen LogP contribution in [-0.4, -0.2) is 41.2 Å². The first-order chi connectivity index (χ1) is 11.4. The quantitative estimate of drug-likeness (QED) is 0.789. The van der Waals surface area contributed by atoms with Gasteiger partial charge in [-0.15, -0.1) is 0 Å². The lowest BCUT2D eigenvalue weighted by atomic mass is 9.59. The molecular formula is C20H29NO3. The number of carbonyl (C=O) groups is 1. The smallest absolute Gasteiger partial charge is 0.341 e. The summed E-state index contributed by atoms with van der Waals surface area (Å²) < 4.78 is 5.77. The highest BCUT2D eigenvalue weighted by molar-refractivity contribution is 5.95. The predicted molar refractivity (Wildman–Crippen MR) is 92.3 cm³/mol. The predicted octanol–water partition coefficient (Wildman–Crippen LogP) is 3.31. The van der Waals surface area contributed by atoms with Crippen molar-refractivity contribution < 1.29 is 14.6 Å². The van der Waals surface area contributed by atoms with Crippen molar-refractivity contribution in [3.8, 4) is 0 Å². The normalized spacial score (nSPS) is 37.4. The minimum atomic E-state index is -0.852. The summed E-state index contributed by atoms with van der Waals surface area (Å²) in [6.07, 6.45) is 8.52. The van der Waals surface area contributed by atoms with E-state index in [1.807, 2.05) is 6.92 Å². The summed E-state index contributed by atoms with van der Waals surface area (Å²) in [6, 6.07) is 0. The van der Waals surface area contributed by atoms with Gasteiger partial charge in [0, 0.05) is 17.7 Å². The van der Waals surface area contributed by atoms with E-state index >= 15 is 0 Å². The SMILES string of the molecule is CC1(O)CCC[C@]2(C)CCC3=C(CN4CCCCC4)C(=O)OC3=C12. The fraction of sp³-hybridized carbons (Fsp3) is 0.750. The fourth-order valence-corrected chi connectivity index (χ4v) is 5.34. The first-order valence-corrected chi connectivity index (χ1v) is 9.55. The van der Waals surface area contributed by atoms with E-state index in [2.05, 4.69) is 11.8 Å². The van der Waals surface area contributed by atoms with Crippen molar-refractivity contribution >= 4 is 5.97 Å². The van der Waals surface area contributed by atoms with Gasteiger partial charge in [0.15, 0.2) is 0 Å². The van der Waals surface area contributed by atoms with Crippen LogP contribution in [0, 0.1) is 5.41 Å². The number of likely N-dealkylation sites (tertiary alicyclic amines) is 1. The van der Waals surface area contributed by atoms with Crippen molar-refractivity contribution in [2.75, 3.05) is 19.6 Å². The van der Waals surface area contributed by atoms with E-state index in [4.69, 9.17) is 4.74 Å². The summed E-state index contributed by atoms with van der Waals surface area (Å²) in [5.41, 5.74) is 2.04. The summed E-state index contributed by atoms with van der Waals surface area (Å²) in [5.74, 6) is 0.550. The van der Waals surface area contributed by atoms with Crippen LogP contribution in [0.3, 0.4) is 0 Å². The van der Waals surface area contributed by atoms with Gasteiger partial charge in [-0.05, 0) is 70.4 Å². The van der Waals surface area contributed by atoms with Crippen molar-refractivity contribution in [1.29, 1.82) is 0 Å². The second-order valence-electron chi connectivity index (χ2n) is 8.58. The zero-order chi connectivity index (χ0) is 16.9. The molecule has 0 aromatic carbocycles. The first kappa shape index (κ1) is 16.3. The highest BCUT2D eigenvalue weighted by atomic mass is 16.5. The molecule has 0 aromatic heterocycles. The van der Waals surface area contributed by atoms with Gasteiger partial charge in [0.1, 0.15) is 5.76 Å². The molecule has 2 aliphatic heterocycles. The van der Waals surface area contributed by atoms with Crippen molar-refractivity contribution in [2.45, 2.75) is 70.8 Å². The molecule has 0 aromatic rings. The van der Waals surface area contributed by atoms with Gasteiger partial charge in [-0.1, -0.05) is 13.3 Å². The molecular weight excluding hydrogens is 302 g/mol. The minimum Gasteiger partial charge on any atom is -0.423 e. The van der Waals surface area contributed by atoms with Gasteiger partial charge in [0.25, 0.3) is 0 Å². The molecule has 132 valence electrons. The van der Waals surface area contributed by atoms with E-state index in [-0.39, 0.29) is 11.4 Å². The number of allylic oxidation sites excluding steroid dienone is 1. The topological polar surface area (TPSA) is 49.8 Å². The van der Waals surface area contributed by atoms with Crippen molar-refractivity contribution in [3.63, 3.8) is 0 Å². The number of hydrogen-bond donors (Lipinski definition) is 1. The first-order valence-electron chi connectivity index (χ1n) is 9.55. The van der Waals surface area contributed by atoms with Crippen LogP contribution in [0.15, 0.2) is 22.5 Å². The van der Waals surface area contributed by atoms with Crippen LogP contribution in [0.1, 0.15) is 65.2 Å². The number of nitrogens with zero attached hydrogens (tertiary/aromatic N) is 1. The van der Waals surface area contributed by atoms with E-state index in [9.17, 15) is 9.90 Å². The van der Waals surface area contributed by atoms with E-state index in [1.54, 1.807) is 0 Å². The lowest BCUT2D eigenvalue weighted by Gasteiger charge is -2.47. The average molecular weight is 331 g/mol. The average Bonchev–Trinajstić information content (AvgIpc) is 2.82. The number of esters is 1. The van der Waals surface area contributed by atoms with Crippen molar-refractivity contribution in [1.82, 2.24) is 4.90 Å². The summed E-state index contributed by atoms with van der Waals surface area (Å²) in [5, 5.41) is 11.0. The van der Waals surface area contributed by atoms with E-state index < -0.39 is 5.60 Å². The lowest BCUT2D eigenvalue weighted by Crippen LogP contribution is -2.43. The second-order valence-corrected chi connectivity index (χ2v) is 8.58. The van der Waals surface area contributed by atoms with Crippen LogP contribution >= 0.6 is 0 Å². The van der Waals surface area contributed by atoms with Gasteiger partial charge in [-0.2, -0.15) is 0 Å². The second kappa shape index (κ2) is 5.70. The molecule has 4 aliphatic rings. The Morgan fingerprint density at radius 2 is 1.83 bits per heavy atom. The maximum absolute atomic E-state index is 12.6. The molecule has 2 atom stereocenters. The Labute approximate surface area is 144 Å². The van der Waals surface area contributed by atoms with Crippen LogP contribution in [0.4, 0.5) is 0 Å². The molecule has 2 aliphatic carbocycles. The van der Waals surface area contributed by atoms with Crippen LogP contribution < -0.4 is 0 Å². The van der Waals surface area contributed by atoms with Gasteiger partial charge in [-0.3, -0.25) is 4.90 Å². The molecule has 1 saturated carbocycles. The van der Waals surface area contributed by atoms with Crippen molar-refractivity contribution in [3.05, 3.63) is 22.5 Å². The zero-order valence-corrected chi connectivity index (χ0v) is 15.0. The standard InChI is InChI=1S/C20H29NO3/c1-19-8-6-9-20(2,23)17(19)16-14(7-10-19)15(18(22)24-16)13-21-11-4-3-5-12-21/h23H,3-13H2,1-2H3/t19-,20?/m1/s1. The molecule has 0 radical (unpaired) electrons. The Balaban J connectivity index is 1.73. The van der Waals surface area contributed by atoms with Gasteiger partial charge in [0.2, 0.25) is 0 Å². The maximum Gasteiger partial charge on any atom is 0.341 e. The van der Waals surface area contributed by atoms with E-state index in [0.29, 0.717) is 6.54 Å². The number of hydrogen-bond acceptors (Lipinski definition) is 4. The van der Waals surface area contributed by atoms with Crippen LogP contribution in [0.2, 0.25) is 0 Å². The van der Waals surface area contributed by atoms with E-state index in [0.717, 1.165) is 67.7 Å².